The zero-order chi connectivity index (χ0) is 13.0. The Kier molecular flexibility index (Phi) is 3.05. The maximum absolute atomic E-state index is 4.11. The van der Waals surface area contributed by atoms with Crippen LogP contribution in [0, 0.1) is 22.7 Å². The van der Waals surface area contributed by atoms with E-state index in [9.17, 15) is 0 Å². The van der Waals surface area contributed by atoms with E-state index in [0.29, 0.717) is 10.8 Å². The number of hydrogen-bond donors (Lipinski definition) is 1. The predicted octanol–water partition coefficient (Wildman–Crippen LogP) is 4.37. The first-order valence-electron chi connectivity index (χ1n) is 8.18. The molecule has 3 fully saturated rings. The van der Waals surface area contributed by atoms with E-state index in [0.717, 1.165) is 23.9 Å². The van der Waals surface area contributed by atoms with Crippen molar-refractivity contribution in [2.24, 2.45) is 22.7 Å². The Morgan fingerprint density at radius 1 is 1.06 bits per heavy atom. The molecule has 3 aliphatic rings. The van der Waals surface area contributed by atoms with Crippen LogP contribution >= 0.6 is 0 Å². The Balaban J connectivity index is 1.71. The van der Waals surface area contributed by atoms with E-state index in [2.05, 4.69) is 33.0 Å². The molecule has 0 aromatic rings. The van der Waals surface area contributed by atoms with Crippen molar-refractivity contribution in [1.29, 1.82) is 0 Å². The van der Waals surface area contributed by atoms with E-state index in [-0.39, 0.29) is 0 Å². The number of hydrogen-bond acceptors (Lipinski definition) is 1. The molecule has 0 heterocycles. The molecule has 0 aromatic carbocycles. The third-order valence-corrected chi connectivity index (χ3v) is 6.61. The minimum atomic E-state index is 0.522. The second-order valence-electron chi connectivity index (χ2n) is 8.48. The fourth-order valence-electron chi connectivity index (χ4n) is 5.54. The Hall–Kier alpha value is -0.0400. The van der Waals surface area contributed by atoms with Gasteiger partial charge in [-0.15, -0.1) is 0 Å². The molecule has 3 saturated carbocycles. The summed E-state index contributed by atoms with van der Waals surface area (Å²) in [7, 11) is 0. The van der Waals surface area contributed by atoms with E-state index in [4.69, 9.17) is 0 Å². The summed E-state index contributed by atoms with van der Waals surface area (Å²) >= 11 is 0. The molecule has 0 aliphatic heterocycles. The van der Waals surface area contributed by atoms with E-state index in [1.165, 1.54) is 44.9 Å². The zero-order valence-electron chi connectivity index (χ0n) is 12.8. The SMILES string of the molecule is CC1CCCC(NC2C3(C)CCC(C3)C2(C)C)C1. The molecule has 3 aliphatic carbocycles. The second kappa shape index (κ2) is 4.23. The summed E-state index contributed by atoms with van der Waals surface area (Å²) in [6, 6.07) is 1.56. The monoisotopic (exact) mass is 249 g/mol. The van der Waals surface area contributed by atoms with Crippen molar-refractivity contribution in [2.75, 3.05) is 0 Å². The van der Waals surface area contributed by atoms with Gasteiger partial charge in [-0.25, -0.2) is 0 Å². The Morgan fingerprint density at radius 3 is 2.44 bits per heavy atom. The fraction of sp³-hybridized carbons (Fsp3) is 1.00. The average Bonchev–Trinajstić information content (AvgIpc) is 2.76. The molecule has 0 spiro atoms. The van der Waals surface area contributed by atoms with Gasteiger partial charge in [0.2, 0.25) is 0 Å². The van der Waals surface area contributed by atoms with Gasteiger partial charge >= 0.3 is 0 Å². The molecular weight excluding hydrogens is 218 g/mol. The summed E-state index contributed by atoms with van der Waals surface area (Å²) in [5.41, 5.74) is 1.11. The van der Waals surface area contributed by atoms with Gasteiger partial charge in [0.15, 0.2) is 0 Å². The number of fused-ring (bicyclic) bond motifs is 2. The highest BCUT2D eigenvalue weighted by molar-refractivity contribution is 5.12. The summed E-state index contributed by atoms with van der Waals surface area (Å²) in [6.07, 6.45) is 10.1. The predicted molar refractivity (Wildman–Crippen MR) is 77.6 cm³/mol. The first-order chi connectivity index (χ1) is 8.42. The normalized spacial score (nSPS) is 50.7. The van der Waals surface area contributed by atoms with Crippen molar-refractivity contribution >= 4 is 0 Å². The van der Waals surface area contributed by atoms with Gasteiger partial charge < -0.3 is 5.32 Å². The molecule has 2 bridgehead atoms. The largest absolute Gasteiger partial charge is 0.310 e. The van der Waals surface area contributed by atoms with Crippen LogP contribution in [-0.4, -0.2) is 12.1 Å². The van der Waals surface area contributed by atoms with Crippen molar-refractivity contribution < 1.29 is 0 Å². The minimum Gasteiger partial charge on any atom is -0.310 e. The van der Waals surface area contributed by atoms with Gasteiger partial charge in [-0.2, -0.15) is 0 Å². The Labute approximate surface area is 113 Å². The molecule has 1 N–H and O–H groups in total. The van der Waals surface area contributed by atoms with Gasteiger partial charge in [-0.05, 0) is 54.8 Å². The molecule has 0 aromatic heterocycles. The minimum absolute atomic E-state index is 0.522. The van der Waals surface area contributed by atoms with Gasteiger partial charge in [0, 0.05) is 12.1 Å². The number of nitrogens with one attached hydrogen (secondary N) is 1. The zero-order valence-corrected chi connectivity index (χ0v) is 12.8. The molecule has 104 valence electrons. The fourth-order valence-corrected chi connectivity index (χ4v) is 5.54. The summed E-state index contributed by atoms with van der Waals surface area (Å²) in [5.74, 6) is 1.91. The molecule has 0 radical (unpaired) electrons. The van der Waals surface area contributed by atoms with Crippen molar-refractivity contribution in [3.8, 4) is 0 Å². The van der Waals surface area contributed by atoms with Crippen LogP contribution in [0.5, 0.6) is 0 Å². The summed E-state index contributed by atoms with van der Waals surface area (Å²) in [5, 5.41) is 4.11. The van der Waals surface area contributed by atoms with Crippen LogP contribution in [0.3, 0.4) is 0 Å². The maximum atomic E-state index is 4.11. The highest BCUT2D eigenvalue weighted by atomic mass is 15.0. The third-order valence-electron chi connectivity index (χ3n) is 6.61. The lowest BCUT2D eigenvalue weighted by Gasteiger charge is -2.46. The van der Waals surface area contributed by atoms with Crippen LogP contribution in [-0.2, 0) is 0 Å². The van der Waals surface area contributed by atoms with Gasteiger partial charge in [0.25, 0.3) is 0 Å². The van der Waals surface area contributed by atoms with E-state index in [1.54, 1.807) is 0 Å². The lowest BCUT2D eigenvalue weighted by Crippen LogP contribution is -2.54. The van der Waals surface area contributed by atoms with Crippen molar-refractivity contribution in [3.63, 3.8) is 0 Å². The maximum Gasteiger partial charge on any atom is 0.0177 e. The van der Waals surface area contributed by atoms with Crippen molar-refractivity contribution in [2.45, 2.75) is 84.7 Å². The molecule has 0 amide bonds. The quantitative estimate of drug-likeness (QED) is 0.766. The lowest BCUT2D eigenvalue weighted by molar-refractivity contribution is 0.0885. The summed E-state index contributed by atoms with van der Waals surface area (Å²) in [4.78, 5) is 0. The highest BCUT2D eigenvalue weighted by Crippen LogP contribution is 2.62. The molecule has 1 heteroatoms. The standard InChI is InChI=1S/C17H31N/c1-12-6-5-7-14(10-12)18-15-16(2,3)13-8-9-17(15,4)11-13/h12-15,18H,5-11H2,1-4H3. The van der Waals surface area contributed by atoms with Crippen LogP contribution in [0.25, 0.3) is 0 Å². The van der Waals surface area contributed by atoms with E-state index in [1.807, 2.05) is 0 Å². The average molecular weight is 249 g/mol. The second-order valence-corrected chi connectivity index (χ2v) is 8.48. The van der Waals surface area contributed by atoms with Crippen LogP contribution in [0.15, 0.2) is 0 Å². The van der Waals surface area contributed by atoms with E-state index < -0.39 is 0 Å². The highest BCUT2D eigenvalue weighted by Gasteiger charge is 2.59. The van der Waals surface area contributed by atoms with E-state index >= 15 is 0 Å². The van der Waals surface area contributed by atoms with Gasteiger partial charge in [-0.3, -0.25) is 0 Å². The smallest absolute Gasteiger partial charge is 0.0177 e. The first-order valence-corrected chi connectivity index (χ1v) is 8.18. The van der Waals surface area contributed by atoms with Crippen molar-refractivity contribution in [1.82, 2.24) is 5.32 Å². The molecular formula is C17H31N. The van der Waals surface area contributed by atoms with Gasteiger partial charge in [0.1, 0.15) is 0 Å². The van der Waals surface area contributed by atoms with Gasteiger partial charge in [-0.1, -0.05) is 40.5 Å². The third kappa shape index (κ3) is 1.94. The molecule has 3 rings (SSSR count). The van der Waals surface area contributed by atoms with Crippen molar-refractivity contribution in [3.05, 3.63) is 0 Å². The lowest BCUT2D eigenvalue weighted by atomic mass is 9.68. The van der Waals surface area contributed by atoms with Crippen LogP contribution in [0.4, 0.5) is 0 Å². The molecule has 5 atom stereocenters. The number of rotatable bonds is 2. The van der Waals surface area contributed by atoms with Crippen LogP contribution in [0.2, 0.25) is 0 Å². The van der Waals surface area contributed by atoms with Crippen LogP contribution in [0.1, 0.15) is 72.6 Å². The van der Waals surface area contributed by atoms with Gasteiger partial charge in [0.05, 0.1) is 0 Å². The van der Waals surface area contributed by atoms with Crippen LogP contribution < -0.4 is 5.32 Å². The molecule has 1 nitrogen and oxygen atoms in total. The molecule has 0 saturated heterocycles. The first kappa shape index (κ1) is 13.0. The molecule has 5 unspecified atom stereocenters. The summed E-state index contributed by atoms with van der Waals surface area (Å²) < 4.78 is 0. The Morgan fingerprint density at radius 2 is 1.83 bits per heavy atom. The Bertz CT molecular complexity index is 317. The topological polar surface area (TPSA) is 12.0 Å². The molecule has 18 heavy (non-hydrogen) atoms. The summed E-state index contributed by atoms with van der Waals surface area (Å²) in [6.45, 7) is 10.0.